The fraction of sp³-hybridized carbons (Fsp3) is 0.360. The molecule has 0 bridgehead atoms. The van der Waals surface area contributed by atoms with Crippen molar-refractivity contribution in [2.75, 3.05) is 20.2 Å². The molecule has 1 aliphatic heterocycles. The average molecular weight is 548 g/mol. The first-order chi connectivity index (χ1) is 15.2. The van der Waals surface area contributed by atoms with Gasteiger partial charge in [-0.1, -0.05) is 24.3 Å². The van der Waals surface area contributed by atoms with Crippen molar-refractivity contribution < 1.29 is 19.1 Å². The lowest BCUT2D eigenvalue weighted by Crippen LogP contribution is -2.41. The van der Waals surface area contributed by atoms with E-state index >= 15 is 0 Å². The van der Waals surface area contributed by atoms with Crippen LogP contribution in [0.2, 0.25) is 0 Å². The Labute approximate surface area is 203 Å². The summed E-state index contributed by atoms with van der Waals surface area (Å²) in [5.74, 6) is 0.719. The SMILES string of the molecule is COc1ccc(CN(C(=O)c2ccccc2I)C2=CCN(C(=O)OC(C)(C)C)CC2)cc1. The monoisotopic (exact) mass is 548 g/mol. The second-order valence-electron chi connectivity index (χ2n) is 8.59. The van der Waals surface area contributed by atoms with Crippen LogP contribution in [0.5, 0.6) is 5.75 Å². The van der Waals surface area contributed by atoms with Gasteiger partial charge in [-0.3, -0.25) is 4.79 Å². The van der Waals surface area contributed by atoms with Gasteiger partial charge in [0.1, 0.15) is 11.4 Å². The van der Waals surface area contributed by atoms with Crippen molar-refractivity contribution in [2.45, 2.75) is 39.3 Å². The fourth-order valence-electron chi connectivity index (χ4n) is 3.39. The van der Waals surface area contributed by atoms with E-state index in [4.69, 9.17) is 9.47 Å². The van der Waals surface area contributed by atoms with Gasteiger partial charge in [0, 0.05) is 28.8 Å². The summed E-state index contributed by atoms with van der Waals surface area (Å²) in [7, 11) is 1.63. The molecular weight excluding hydrogens is 519 g/mol. The molecule has 7 heteroatoms. The number of amides is 2. The van der Waals surface area contributed by atoms with Crippen LogP contribution >= 0.6 is 22.6 Å². The first kappa shape index (κ1) is 24.1. The van der Waals surface area contributed by atoms with Gasteiger partial charge in [-0.15, -0.1) is 0 Å². The molecule has 170 valence electrons. The van der Waals surface area contributed by atoms with Crippen LogP contribution in [0.4, 0.5) is 4.79 Å². The molecule has 0 atom stereocenters. The zero-order chi connectivity index (χ0) is 23.3. The summed E-state index contributed by atoms with van der Waals surface area (Å²) in [5.41, 5.74) is 2.03. The lowest BCUT2D eigenvalue weighted by atomic mass is 10.1. The lowest BCUT2D eigenvalue weighted by molar-refractivity contribution is 0.0260. The normalized spacial score (nSPS) is 13.9. The highest BCUT2D eigenvalue weighted by Crippen LogP contribution is 2.25. The maximum absolute atomic E-state index is 13.5. The Bertz CT molecular complexity index is 996. The van der Waals surface area contributed by atoms with Crippen molar-refractivity contribution in [1.82, 2.24) is 9.80 Å². The molecule has 3 rings (SSSR count). The van der Waals surface area contributed by atoms with E-state index in [0.717, 1.165) is 20.6 Å². The Morgan fingerprint density at radius 3 is 2.34 bits per heavy atom. The van der Waals surface area contributed by atoms with Gasteiger partial charge in [-0.05, 0) is 79.3 Å². The topological polar surface area (TPSA) is 59.1 Å². The van der Waals surface area contributed by atoms with Gasteiger partial charge in [0.2, 0.25) is 0 Å². The molecule has 0 unspecified atom stereocenters. The molecule has 6 nitrogen and oxygen atoms in total. The summed E-state index contributed by atoms with van der Waals surface area (Å²) in [4.78, 5) is 29.4. The van der Waals surface area contributed by atoms with Crippen molar-refractivity contribution in [1.29, 1.82) is 0 Å². The van der Waals surface area contributed by atoms with E-state index < -0.39 is 5.60 Å². The number of hydrogen-bond acceptors (Lipinski definition) is 4. The quantitative estimate of drug-likeness (QED) is 0.466. The number of methoxy groups -OCH3 is 1. The van der Waals surface area contributed by atoms with Crippen molar-refractivity contribution in [3.8, 4) is 5.75 Å². The maximum Gasteiger partial charge on any atom is 0.410 e. The largest absolute Gasteiger partial charge is 0.497 e. The van der Waals surface area contributed by atoms with E-state index in [1.165, 1.54) is 0 Å². The number of halogens is 1. The Kier molecular flexibility index (Phi) is 7.82. The third-order valence-corrected chi connectivity index (χ3v) is 5.97. The van der Waals surface area contributed by atoms with Crippen molar-refractivity contribution >= 4 is 34.6 Å². The highest BCUT2D eigenvalue weighted by Gasteiger charge is 2.28. The van der Waals surface area contributed by atoms with Crippen LogP contribution in [0, 0.1) is 3.57 Å². The van der Waals surface area contributed by atoms with Crippen LogP contribution < -0.4 is 4.74 Å². The van der Waals surface area contributed by atoms with E-state index in [0.29, 0.717) is 31.6 Å². The minimum Gasteiger partial charge on any atom is -0.497 e. The molecule has 0 saturated carbocycles. The Morgan fingerprint density at radius 1 is 1.09 bits per heavy atom. The Hall–Kier alpha value is -2.55. The predicted molar refractivity (Wildman–Crippen MR) is 133 cm³/mol. The highest BCUT2D eigenvalue weighted by molar-refractivity contribution is 14.1. The molecule has 0 N–H and O–H groups in total. The summed E-state index contributed by atoms with van der Waals surface area (Å²) in [5, 5.41) is 0. The van der Waals surface area contributed by atoms with Gasteiger partial charge in [-0.25, -0.2) is 4.79 Å². The predicted octanol–water partition coefficient (Wildman–Crippen LogP) is 5.47. The summed E-state index contributed by atoms with van der Waals surface area (Å²) >= 11 is 2.19. The summed E-state index contributed by atoms with van der Waals surface area (Å²) in [6.45, 7) is 6.90. The van der Waals surface area contributed by atoms with Gasteiger partial charge in [0.25, 0.3) is 5.91 Å². The summed E-state index contributed by atoms with van der Waals surface area (Å²) in [6.07, 6.45) is 2.19. The maximum atomic E-state index is 13.5. The highest BCUT2D eigenvalue weighted by atomic mass is 127. The van der Waals surface area contributed by atoms with Gasteiger partial charge in [0.05, 0.1) is 19.2 Å². The molecule has 1 heterocycles. The standard InChI is InChI=1S/C25H29IN2O4/c1-25(2,3)32-24(30)27-15-13-19(14-16-27)28(17-18-9-11-20(31-4)12-10-18)23(29)21-7-5-6-8-22(21)26/h5-13H,14-17H2,1-4H3. The van der Waals surface area contributed by atoms with Gasteiger partial charge in [0.15, 0.2) is 0 Å². The van der Waals surface area contributed by atoms with Crippen LogP contribution in [0.3, 0.4) is 0 Å². The van der Waals surface area contributed by atoms with Crippen LogP contribution in [0.1, 0.15) is 43.1 Å². The van der Waals surface area contributed by atoms with Crippen LogP contribution in [-0.2, 0) is 11.3 Å². The summed E-state index contributed by atoms with van der Waals surface area (Å²) in [6, 6.07) is 15.3. The van der Waals surface area contributed by atoms with Crippen molar-refractivity contribution in [2.24, 2.45) is 0 Å². The minimum atomic E-state index is -0.540. The number of benzene rings is 2. The van der Waals surface area contributed by atoms with Gasteiger partial charge >= 0.3 is 6.09 Å². The molecule has 2 aromatic rings. The molecule has 2 aromatic carbocycles. The number of carbonyl (C=O) groups is 2. The molecule has 1 aliphatic rings. The van der Waals surface area contributed by atoms with E-state index in [1.807, 2.05) is 80.3 Å². The molecule has 0 aliphatic carbocycles. The smallest absolute Gasteiger partial charge is 0.410 e. The van der Waals surface area contributed by atoms with Crippen molar-refractivity contribution in [3.05, 3.63) is 75.0 Å². The molecule has 0 fully saturated rings. The van der Waals surface area contributed by atoms with E-state index in [1.54, 1.807) is 12.0 Å². The van der Waals surface area contributed by atoms with Crippen molar-refractivity contribution in [3.63, 3.8) is 0 Å². The minimum absolute atomic E-state index is 0.0530. The molecular formula is C25H29IN2O4. The Morgan fingerprint density at radius 2 is 1.78 bits per heavy atom. The Balaban J connectivity index is 1.84. The first-order valence-corrected chi connectivity index (χ1v) is 11.6. The molecule has 2 amide bonds. The number of rotatable bonds is 5. The third-order valence-electron chi connectivity index (χ3n) is 5.03. The lowest BCUT2D eigenvalue weighted by Gasteiger charge is -2.33. The van der Waals surface area contributed by atoms with Gasteiger partial charge in [-0.2, -0.15) is 0 Å². The van der Waals surface area contributed by atoms with E-state index in [2.05, 4.69) is 22.6 Å². The zero-order valence-electron chi connectivity index (χ0n) is 18.9. The second kappa shape index (κ2) is 10.4. The first-order valence-electron chi connectivity index (χ1n) is 10.5. The number of nitrogens with zero attached hydrogens (tertiary/aromatic N) is 2. The molecule has 0 saturated heterocycles. The number of hydrogen-bond donors (Lipinski definition) is 0. The van der Waals surface area contributed by atoms with E-state index in [-0.39, 0.29) is 12.0 Å². The second-order valence-corrected chi connectivity index (χ2v) is 9.75. The van der Waals surface area contributed by atoms with Gasteiger partial charge < -0.3 is 19.3 Å². The third kappa shape index (κ3) is 6.25. The van der Waals surface area contributed by atoms with E-state index in [9.17, 15) is 9.59 Å². The molecule has 0 aromatic heterocycles. The fourth-order valence-corrected chi connectivity index (χ4v) is 4.01. The number of carbonyl (C=O) groups excluding carboxylic acids is 2. The molecule has 0 radical (unpaired) electrons. The van der Waals surface area contributed by atoms with Crippen LogP contribution in [0.15, 0.2) is 60.3 Å². The van der Waals surface area contributed by atoms with Crippen LogP contribution in [0.25, 0.3) is 0 Å². The average Bonchev–Trinajstić information content (AvgIpc) is 2.77. The van der Waals surface area contributed by atoms with Crippen LogP contribution in [-0.4, -0.2) is 47.6 Å². The summed E-state index contributed by atoms with van der Waals surface area (Å²) < 4.78 is 11.6. The number of ether oxygens (including phenoxy) is 2. The zero-order valence-corrected chi connectivity index (χ0v) is 21.1. The molecule has 32 heavy (non-hydrogen) atoms. The molecule has 0 spiro atoms.